The van der Waals surface area contributed by atoms with Gasteiger partial charge in [-0.05, 0) is 75.3 Å². The molecule has 0 spiro atoms. The molecule has 3 aromatic rings. The van der Waals surface area contributed by atoms with Crippen LogP contribution in [0.15, 0.2) is 72.8 Å². The number of benzene rings is 3. The molecule has 1 aliphatic rings. The fourth-order valence-corrected chi connectivity index (χ4v) is 5.35. The summed E-state index contributed by atoms with van der Waals surface area (Å²) in [6, 6.07) is 22.7. The lowest BCUT2D eigenvalue weighted by Crippen LogP contribution is -2.41. The van der Waals surface area contributed by atoms with Crippen LogP contribution in [0.2, 0.25) is 0 Å². The van der Waals surface area contributed by atoms with E-state index >= 15 is 0 Å². The van der Waals surface area contributed by atoms with Crippen molar-refractivity contribution >= 4 is 11.8 Å². The number of fused-ring (bicyclic) bond motifs is 1. The van der Waals surface area contributed by atoms with Gasteiger partial charge in [-0.15, -0.1) is 0 Å². The molecule has 0 saturated carbocycles. The number of hydrogen-bond donors (Lipinski definition) is 4. The quantitative estimate of drug-likeness (QED) is 0.330. The zero-order valence-electron chi connectivity index (χ0n) is 23.3. The van der Waals surface area contributed by atoms with Gasteiger partial charge < -0.3 is 20.8 Å². The van der Waals surface area contributed by atoms with Crippen molar-refractivity contribution < 1.29 is 19.8 Å². The lowest BCUT2D eigenvalue weighted by atomic mass is 9.89. The summed E-state index contributed by atoms with van der Waals surface area (Å²) in [5.74, 6) is -0.895. The number of aliphatic hydroxyl groups excluding tert-OH is 2. The first-order valence-electron chi connectivity index (χ1n) is 13.7. The summed E-state index contributed by atoms with van der Waals surface area (Å²) in [7, 11) is 0. The lowest BCUT2D eigenvalue weighted by molar-refractivity contribution is -0.127. The summed E-state index contributed by atoms with van der Waals surface area (Å²) >= 11 is 0. The van der Waals surface area contributed by atoms with Crippen molar-refractivity contribution in [2.45, 2.75) is 77.2 Å². The Bertz CT molecular complexity index is 1300. The van der Waals surface area contributed by atoms with E-state index in [9.17, 15) is 19.8 Å². The van der Waals surface area contributed by atoms with Crippen molar-refractivity contribution in [2.24, 2.45) is 5.92 Å². The van der Waals surface area contributed by atoms with Gasteiger partial charge in [0.25, 0.3) is 5.91 Å². The van der Waals surface area contributed by atoms with Gasteiger partial charge in [0.1, 0.15) is 0 Å². The molecule has 0 fully saturated rings. The van der Waals surface area contributed by atoms with Crippen LogP contribution in [0.3, 0.4) is 0 Å². The van der Waals surface area contributed by atoms with Gasteiger partial charge in [0, 0.05) is 23.4 Å². The zero-order valence-corrected chi connectivity index (χ0v) is 23.3. The molecular weight excluding hydrogens is 488 g/mol. The van der Waals surface area contributed by atoms with Crippen molar-refractivity contribution in [1.82, 2.24) is 10.6 Å². The minimum Gasteiger partial charge on any atom is -0.393 e. The zero-order chi connectivity index (χ0) is 28.2. The van der Waals surface area contributed by atoms with Gasteiger partial charge in [-0.1, -0.05) is 72.3 Å². The highest BCUT2D eigenvalue weighted by Crippen LogP contribution is 2.32. The second-order valence-corrected chi connectivity index (χ2v) is 11.8. The molecule has 0 aliphatic heterocycles. The lowest BCUT2D eigenvalue weighted by Gasteiger charge is -2.25. The van der Waals surface area contributed by atoms with Crippen LogP contribution in [-0.4, -0.2) is 39.8 Å². The van der Waals surface area contributed by atoms with Crippen LogP contribution in [0, 0.1) is 12.8 Å². The van der Waals surface area contributed by atoms with E-state index in [4.69, 9.17) is 0 Å². The standard InChI is InChI=1S/C33H40N2O4/c1-21-14-15-24(28(16-21)32(39)35-33(2,3)4)18-26(36)19-25(17-22-10-6-5-7-11-22)31(38)34-30-27-13-9-8-12-23(27)20-29(30)37/h5-16,25-26,29-30,36-37H,17-20H2,1-4H3,(H,34,38)(H,35,39)/t25-,26-,29+,30-/m0/s1. The number of nitrogens with one attached hydrogen (secondary N) is 2. The molecule has 2 amide bonds. The Kier molecular flexibility index (Phi) is 8.88. The van der Waals surface area contributed by atoms with Gasteiger partial charge in [0.05, 0.1) is 18.2 Å². The Morgan fingerprint density at radius 1 is 0.974 bits per heavy atom. The van der Waals surface area contributed by atoms with Gasteiger partial charge in [-0.25, -0.2) is 0 Å². The average Bonchev–Trinajstić information content (AvgIpc) is 3.19. The first-order valence-corrected chi connectivity index (χ1v) is 13.7. The third-order valence-corrected chi connectivity index (χ3v) is 7.21. The normalized spacial score (nSPS) is 18.2. The third-order valence-electron chi connectivity index (χ3n) is 7.21. The topological polar surface area (TPSA) is 98.7 Å². The maximum atomic E-state index is 13.6. The number of hydrogen-bond acceptors (Lipinski definition) is 4. The van der Waals surface area contributed by atoms with E-state index in [0.717, 1.165) is 27.8 Å². The number of aliphatic hydroxyl groups is 2. The summed E-state index contributed by atoms with van der Waals surface area (Å²) in [5, 5.41) is 28.0. The average molecular weight is 529 g/mol. The first kappa shape index (κ1) is 28.5. The molecule has 4 N–H and O–H groups in total. The maximum absolute atomic E-state index is 13.6. The van der Waals surface area contributed by atoms with Crippen molar-refractivity contribution in [3.05, 3.63) is 106 Å². The van der Waals surface area contributed by atoms with E-state index in [1.54, 1.807) is 0 Å². The highest BCUT2D eigenvalue weighted by Gasteiger charge is 2.34. The molecule has 206 valence electrons. The largest absolute Gasteiger partial charge is 0.393 e. The Morgan fingerprint density at radius 2 is 1.67 bits per heavy atom. The van der Waals surface area contributed by atoms with E-state index in [-0.39, 0.29) is 30.2 Å². The van der Waals surface area contributed by atoms with Crippen LogP contribution in [0.5, 0.6) is 0 Å². The molecule has 0 aromatic heterocycles. The second-order valence-electron chi connectivity index (χ2n) is 11.8. The van der Waals surface area contributed by atoms with Crippen LogP contribution in [0.1, 0.15) is 71.4 Å². The predicted octanol–water partition coefficient (Wildman–Crippen LogP) is 4.45. The van der Waals surface area contributed by atoms with E-state index < -0.39 is 24.2 Å². The minimum absolute atomic E-state index is 0.180. The maximum Gasteiger partial charge on any atom is 0.251 e. The van der Waals surface area contributed by atoms with Gasteiger partial charge >= 0.3 is 0 Å². The SMILES string of the molecule is Cc1ccc(C[C@H](O)C[C@H](Cc2ccccc2)C(=O)N[C@H]2c3ccccc3C[C@H]2O)c(C(=O)NC(C)(C)C)c1. The summed E-state index contributed by atoms with van der Waals surface area (Å²) in [6.45, 7) is 7.73. The highest BCUT2D eigenvalue weighted by atomic mass is 16.3. The number of carbonyl (C=O) groups is 2. The Hall–Kier alpha value is -3.48. The van der Waals surface area contributed by atoms with Crippen molar-refractivity contribution in [3.63, 3.8) is 0 Å². The van der Waals surface area contributed by atoms with Gasteiger partial charge in [0.15, 0.2) is 0 Å². The van der Waals surface area contributed by atoms with E-state index in [1.165, 1.54) is 0 Å². The van der Waals surface area contributed by atoms with Crippen molar-refractivity contribution in [2.75, 3.05) is 0 Å². The molecular formula is C33H40N2O4. The molecule has 39 heavy (non-hydrogen) atoms. The fourth-order valence-electron chi connectivity index (χ4n) is 5.35. The summed E-state index contributed by atoms with van der Waals surface area (Å²) in [4.78, 5) is 26.7. The predicted molar refractivity (Wildman–Crippen MR) is 153 cm³/mol. The van der Waals surface area contributed by atoms with Crippen LogP contribution < -0.4 is 10.6 Å². The smallest absolute Gasteiger partial charge is 0.251 e. The van der Waals surface area contributed by atoms with Crippen LogP contribution >= 0.6 is 0 Å². The summed E-state index contributed by atoms with van der Waals surface area (Å²) in [6.07, 6.45) is -0.0985. The fraction of sp³-hybridized carbons (Fsp3) is 0.394. The molecule has 6 heteroatoms. The minimum atomic E-state index is -0.839. The number of carbonyl (C=O) groups excluding carboxylic acids is 2. The molecule has 1 aliphatic carbocycles. The highest BCUT2D eigenvalue weighted by molar-refractivity contribution is 5.96. The molecule has 4 rings (SSSR count). The second kappa shape index (κ2) is 12.1. The molecule has 0 saturated heterocycles. The Morgan fingerprint density at radius 3 is 2.38 bits per heavy atom. The molecule has 0 unspecified atom stereocenters. The number of aryl methyl sites for hydroxylation is 1. The van der Waals surface area contributed by atoms with Gasteiger partial charge in [-0.2, -0.15) is 0 Å². The molecule has 0 heterocycles. The monoisotopic (exact) mass is 528 g/mol. The van der Waals surface area contributed by atoms with Crippen LogP contribution in [-0.2, 0) is 24.1 Å². The van der Waals surface area contributed by atoms with E-state index in [1.807, 2.05) is 100 Å². The van der Waals surface area contributed by atoms with Crippen molar-refractivity contribution in [3.8, 4) is 0 Å². The third kappa shape index (κ3) is 7.55. The Labute approximate surface area is 231 Å². The number of rotatable bonds is 9. The Balaban J connectivity index is 1.52. The first-order chi connectivity index (χ1) is 18.5. The van der Waals surface area contributed by atoms with Gasteiger partial charge in [-0.3, -0.25) is 9.59 Å². The van der Waals surface area contributed by atoms with Crippen LogP contribution in [0.4, 0.5) is 0 Å². The van der Waals surface area contributed by atoms with Crippen LogP contribution in [0.25, 0.3) is 0 Å². The van der Waals surface area contributed by atoms with Crippen molar-refractivity contribution in [1.29, 1.82) is 0 Å². The summed E-state index contributed by atoms with van der Waals surface area (Å²) in [5.41, 5.74) is 4.83. The molecule has 0 radical (unpaired) electrons. The molecule has 6 nitrogen and oxygen atoms in total. The molecule has 0 bridgehead atoms. The number of amides is 2. The molecule has 4 atom stereocenters. The van der Waals surface area contributed by atoms with Gasteiger partial charge in [0.2, 0.25) is 5.91 Å². The van der Waals surface area contributed by atoms with E-state index in [0.29, 0.717) is 18.4 Å². The molecule has 3 aromatic carbocycles. The van der Waals surface area contributed by atoms with E-state index in [2.05, 4.69) is 10.6 Å². The summed E-state index contributed by atoms with van der Waals surface area (Å²) < 4.78 is 0.